The molecule has 0 amide bonds. The van der Waals surface area contributed by atoms with Gasteiger partial charge in [0.1, 0.15) is 29.3 Å². The standard InChI is InChI=1S/C21H23BO6.C15H11BrO4.C12H24B2O4/c1-20(2)21(3,4)28-22(27-20)18-12-17(10-9-15(18)13-23)26-16-8-6-7-14(11-16)19(24)25-5;1-19-15(18)10-3-2-4-12(7-10)20-13-6-5-11(9-17)14(16)8-13;1-9(2)10(3,4)16-13(15-9)14-17-11(5,6)12(7,8)18-14/h6-13H,1-5H3;2-9H,1H3;1-8H3. The number of carbonyl (C=O) groups is 4. The monoisotopic (exact) mass is 970 g/mol. The van der Waals surface area contributed by atoms with Gasteiger partial charge >= 0.3 is 33.1 Å². The summed E-state index contributed by atoms with van der Waals surface area (Å²) in [4.78, 5) is 45.4. The van der Waals surface area contributed by atoms with Crippen molar-refractivity contribution in [2.24, 2.45) is 0 Å². The van der Waals surface area contributed by atoms with Gasteiger partial charge in [-0.15, -0.1) is 0 Å². The Labute approximate surface area is 397 Å². The fourth-order valence-electron chi connectivity index (χ4n) is 6.45. The van der Waals surface area contributed by atoms with Crippen molar-refractivity contribution in [3.8, 4) is 23.0 Å². The minimum Gasteiger partial charge on any atom is -0.465 e. The molecule has 66 heavy (non-hydrogen) atoms. The highest BCUT2D eigenvalue weighted by atomic mass is 79.9. The van der Waals surface area contributed by atoms with Gasteiger partial charge in [0.2, 0.25) is 0 Å². The summed E-state index contributed by atoms with van der Waals surface area (Å²) in [6.45, 7) is 24.0. The molecule has 350 valence electrons. The molecule has 0 saturated carbocycles. The van der Waals surface area contributed by atoms with Crippen molar-refractivity contribution in [2.45, 2.75) is 117 Å². The molecule has 3 aliphatic heterocycles. The molecular weight excluding hydrogens is 913 g/mol. The number of esters is 2. The quantitative estimate of drug-likeness (QED) is 0.0840. The Morgan fingerprint density at radius 3 is 1.20 bits per heavy atom. The third-order valence-corrected chi connectivity index (χ3v) is 13.2. The summed E-state index contributed by atoms with van der Waals surface area (Å²) in [5, 5.41) is 0. The topological polar surface area (TPSA) is 161 Å². The van der Waals surface area contributed by atoms with Crippen LogP contribution in [0, 0.1) is 0 Å². The highest BCUT2D eigenvalue weighted by Gasteiger charge is 2.63. The number of hydrogen-bond acceptors (Lipinski definition) is 14. The van der Waals surface area contributed by atoms with Gasteiger partial charge in [0, 0.05) is 15.6 Å². The molecule has 4 aromatic rings. The lowest BCUT2D eigenvalue weighted by Crippen LogP contribution is -2.41. The molecule has 14 nitrogen and oxygen atoms in total. The molecule has 0 spiro atoms. The normalized spacial score (nSPS) is 19.0. The number of aldehydes is 2. The van der Waals surface area contributed by atoms with Crippen LogP contribution in [0.1, 0.15) is 125 Å². The zero-order valence-electron chi connectivity index (χ0n) is 40.1. The summed E-state index contributed by atoms with van der Waals surface area (Å²) in [7, 11) is 1.01. The first-order chi connectivity index (χ1) is 30.7. The van der Waals surface area contributed by atoms with Crippen LogP contribution >= 0.6 is 15.9 Å². The van der Waals surface area contributed by atoms with E-state index in [-0.39, 0.29) is 22.4 Å². The molecule has 0 atom stereocenters. The zero-order chi connectivity index (χ0) is 49.0. The number of rotatable bonds is 10. The number of ether oxygens (including phenoxy) is 4. The third-order valence-electron chi connectivity index (χ3n) is 12.5. The van der Waals surface area contributed by atoms with Crippen molar-refractivity contribution < 1.29 is 66.1 Å². The van der Waals surface area contributed by atoms with Crippen LogP contribution in [0.25, 0.3) is 0 Å². The molecule has 0 N–H and O–H groups in total. The van der Waals surface area contributed by atoms with Crippen LogP contribution in [0.2, 0.25) is 0 Å². The Bertz CT molecular complexity index is 2340. The summed E-state index contributed by atoms with van der Waals surface area (Å²) >= 11 is 3.28. The molecule has 0 radical (unpaired) electrons. The van der Waals surface area contributed by atoms with Crippen molar-refractivity contribution in [1.29, 1.82) is 0 Å². The molecule has 4 aromatic carbocycles. The maximum atomic E-state index is 11.7. The van der Waals surface area contributed by atoms with E-state index in [1.807, 2.05) is 83.1 Å². The first-order valence-electron chi connectivity index (χ1n) is 21.3. The molecule has 0 aromatic heterocycles. The van der Waals surface area contributed by atoms with E-state index >= 15 is 0 Å². The van der Waals surface area contributed by atoms with E-state index in [4.69, 9.17) is 42.1 Å². The average Bonchev–Trinajstić information content (AvgIpc) is 3.72. The van der Waals surface area contributed by atoms with E-state index in [1.54, 1.807) is 84.9 Å². The van der Waals surface area contributed by atoms with Crippen molar-refractivity contribution >= 4 is 67.0 Å². The first kappa shape index (κ1) is 52.2. The van der Waals surface area contributed by atoms with Crippen LogP contribution in [0.15, 0.2) is 89.4 Å². The van der Waals surface area contributed by atoms with Gasteiger partial charge in [-0.05, 0) is 177 Å². The number of halogens is 1. The van der Waals surface area contributed by atoms with Crippen LogP contribution < -0.4 is 14.9 Å². The van der Waals surface area contributed by atoms with E-state index in [9.17, 15) is 19.2 Å². The molecule has 18 heteroatoms. The van der Waals surface area contributed by atoms with Gasteiger partial charge in [0.25, 0.3) is 0 Å². The van der Waals surface area contributed by atoms with E-state index in [0.717, 1.165) is 12.6 Å². The highest BCUT2D eigenvalue weighted by molar-refractivity contribution is 9.10. The van der Waals surface area contributed by atoms with Gasteiger partial charge < -0.3 is 46.9 Å². The lowest BCUT2D eigenvalue weighted by atomic mass is 9.49. The van der Waals surface area contributed by atoms with Crippen molar-refractivity contribution in [1.82, 2.24) is 0 Å². The molecule has 3 aliphatic rings. The Balaban J connectivity index is 0.000000192. The van der Waals surface area contributed by atoms with Gasteiger partial charge in [-0.3, -0.25) is 9.59 Å². The number of benzene rings is 4. The van der Waals surface area contributed by atoms with Crippen LogP contribution in [-0.4, -0.2) is 93.5 Å². The predicted octanol–water partition coefficient (Wildman–Crippen LogP) is 9.47. The minimum atomic E-state index is -0.685. The first-order valence-corrected chi connectivity index (χ1v) is 22.1. The summed E-state index contributed by atoms with van der Waals surface area (Å²) < 4.78 is 57.5. The number of methoxy groups -OCH3 is 2. The summed E-state index contributed by atoms with van der Waals surface area (Å²) in [6, 6.07) is 23.4. The molecule has 0 unspecified atom stereocenters. The van der Waals surface area contributed by atoms with Gasteiger partial charge in [-0.1, -0.05) is 12.1 Å². The van der Waals surface area contributed by atoms with E-state index in [0.29, 0.717) is 55.2 Å². The lowest BCUT2D eigenvalue weighted by Gasteiger charge is -2.32. The molecule has 3 heterocycles. The van der Waals surface area contributed by atoms with E-state index < -0.39 is 44.3 Å². The SMILES string of the molecule is CC1(C)OB(B2OC(C)(C)C(C)(C)O2)OC1(C)C.COC(=O)c1cccc(Oc2ccc(C=O)c(B3OC(C)(C)C(C)(C)O3)c2)c1.COC(=O)c1cccc(Oc2ccc(C=O)c(Br)c2)c1. The Morgan fingerprint density at radius 2 is 0.833 bits per heavy atom. The highest BCUT2D eigenvalue weighted by Crippen LogP contribution is 2.43. The van der Waals surface area contributed by atoms with Gasteiger partial charge in [-0.2, -0.15) is 0 Å². The summed E-state index contributed by atoms with van der Waals surface area (Å²) in [5.41, 5.74) is -0.0904. The third kappa shape index (κ3) is 11.8. The maximum Gasteiger partial charge on any atom is 0.495 e. The van der Waals surface area contributed by atoms with E-state index in [1.165, 1.54) is 14.2 Å². The largest absolute Gasteiger partial charge is 0.495 e. The predicted molar refractivity (Wildman–Crippen MR) is 255 cm³/mol. The second kappa shape index (κ2) is 20.2. The van der Waals surface area contributed by atoms with Gasteiger partial charge in [0.05, 0.1) is 59.0 Å². The zero-order valence-corrected chi connectivity index (χ0v) is 41.6. The molecule has 0 bridgehead atoms. The summed E-state index contributed by atoms with van der Waals surface area (Å²) in [5.74, 6) is 1.18. The lowest BCUT2D eigenvalue weighted by molar-refractivity contribution is 0.00578. The summed E-state index contributed by atoms with van der Waals surface area (Å²) in [6.07, 6.45) is 1.52. The molecule has 3 saturated heterocycles. The van der Waals surface area contributed by atoms with Crippen LogP contribution in [0.5, 0.6) is 23.0 Å². The van der Waals surface area contributed by atoms with Crippen molar-refractivity contribution in [3.63, 3.8) is 0 Å². The number of hydrogen-bond donors (Lipinski definition) is 0. The second-order valence-electron chi connectivity index (χ2n) is 18.8. The van der Waals surface area contributed by atoms with Crippen LogP contribution in [0.3, 0.4) is 0 Å². The van der Waals surface area contributed by atoms with Gasteiger partial charge in [0.15, 0.2) is 6.29 Å². The van der Waals surface area contributed by atoms with Crippen molar-refractivity contribution in [3.05, 3.63) is 112 Å². The molecule has 0 aliphatic carbocycles. The second-order valence-corrected chi connectivity index (χ2v) is 19.6. The Kier molecular flexibility index (Phi) is 16.0. The maximum absolute atomic E-state index is 11.7. The smallest absolute Gasteiger partial charge is 0.465 e. The molecule has 7 rings (SSSR count). The molecular formula is C48H58B3BrO14. The average molecular weight is 971 g/mol. The van der Waals surface area contributed by atoms with E-state index in [2.05, 4.69) is 20.7 Å². The van der Waals surface area contributed by atoms with Crippen LogP contribution in [0.4, 0.5) is 0 Å². The molecule has 3 fully saturated rings. The Hall–Kier alpha value is -4.81. The number of carbonyl (C=O) groups excluding carboxylic acids is 4. The van der Waals surface area contributed by atoms with Gasteiger partial charge in [-0.25, -0.2) is 9.59 Å². The Morgan fingerprint density at radius 1 is 0.485 bits per heavy atom. The van der Waals surface area contributed by atoms with Crippen LogP contribution in [-0.2, 0) is 37.4 Å². The van der Waals surface area contributed by atoms with Crippen molar-refractivity contribution in [2.75, 3.05) is 14.2 Å². The minimum absolute atomic E-state index is 0.360. The fourth-order valence-corrected chi connectivity index (χ4v) is 6.90. The fraction of sp³-hybridized carbons (Fsp3) is 0.417.